The summed E-state index contributed by atoms with van der Waals surface area (Å²) >= 11 is 2.64. The van der Waals surface area contributed by atoms with Gasteiger partial charge in [-0.05, 0) is 11.4 Å². The molecule has 3 aromatic rings. The number of carbonyl (C=O) groups excluding carboxylic acids is 2. The minimum Gasteiger partial charge on any atom is -0.348 e. The van der Waals surface area contributed by atoms with Gasteiger partial charge in [0.1, 0.15) is 0 Å². The van der Waals surface area contributed by atoms with Gasteiger partial charge in [-0.2, -0.15) is 4.98 Å². The first kappa shape index (κ1) is 19.2. The first-order valence-corrected chi connectivity index (χ1v) is 9.96. The van der Waals surface area contributed by atoms with Crippen LogP contribution in [0.15, 0.2) is 27.4 Å². The van der Waals surface area contributed by atoms with E-state index in [4.69, 9.17) is 4.52 Å². The van der Waals surface area contributed by atoms with Crippen LogP contribution >= 0.6 is 22.7 Å². The van der Waals surface area contributed by atoms with Crippen LogP contribution < -0.4 is 10.6 Å². The smallest absolute Gasteiger partial charge is 0.267 e. The lowest BCUT2D eigenvalue weighted by molar-refractivity contribution is -0.120. The van der Waals surface area contributed by atoms with Crippen LogP contribution in [0.25, 0.3) is 0 Å². The molecule has 0 aliphatic carbocycles. The van der Waals surface area contributed by atoms with Crippen LogP contribution in [0.3, 0.4) is 0 Å². The van der Waals surface area contributed by atoms with E-state index >= 15 is 0 Å². The lowest BCUT2D eigenvalue weighted by Crippen LogP contribution is -2.25. The van der Waals surface area contributed by atoms with E-state index in [-0.39, 0.29) is 30.2 Å². The van der Waals surface area contributed by atoms with Crippen molar-refractivity contribution < 1.29 is 14.1 Å². The van der Waals surface area contributed by atoms with Crippen molar-refractivity contribution in [3.8, 4) is 0 Å². The number of hydrogen-bond donors (Lipinski definition) is 2. The number of rotatable bonds is 6. The standard InChI is InChI=1S/C17H19N5O3S2/c1-17(2,3)15-20-12(22-25-15)8-18-13(23)7-10-9-27-16(19-10)21-14(24)11-5-4-6-26-11/h4-6,9H,7-8H2,1-3H3,(H,18,23)(H,19,21,24). The van der Waals surface area contributed by atoms with Crippen molar-refractivity contribution in [1.29, 1.82) is 0 Å². The van der Waals surface area contributed by atoms with Gasteiger partial charge in [-0.1, -0.05) is 32.0 Å². The molecule has 0 atom stereocenters. The minimum atomic E-state index is -0.236. The highest BCUT2D eigenvalue weighted by molar-refractivity contribution is 7.14. The summed E-state index contributed by atoms with van der Waals surface area (Å²) in [7, 11) is 0. The van der Waals surface area contributed by atoms with Crippen LogP contribution in [0.1, 0.15) is 47.9 Å². The van der Waals surface area contributed by atoms with E-state index in [2.05, 4.69) is 25.8 Å². The average molecular weight is 406 g/mol. The highest BCUT2D eigenvalue weighted by Gasteiger charge is 2.21. The number of anilines is 1. The molecule has 0 unspecified atom stereocenters. The largest absolute Gasteiger partial charge is 0.348 e. The van der Waals surface area contributed by atoms with Crippen molar-refractivity contribution in [1.82, 2.24) is 20.4 Å². The summed E-state index contributed by atoms with van der Waals surface area (Å²) < 4.78 is 5.19. The highest BCUT2D eigenvalue weighted by Crippen LogP contribution is 2.20. The maximum atomic E-state index is 12.1. The summed E-state index contributed by atoms with van der Waals surface area (Å²) in [6.07, 6.45) is 0.106. The summed E-state index contributed by atoms with van der Waals surface area (Å²) in [6.45, 7) is 6.10. The number of amides is 2. The molecule has 0 spiro atoms. The number of carbonyl (C=O) groups is 2. The average Bonchev–Trinajstić information content (AvgIpc) is 3.34. The van der Waals surface area contributed by atoms with Crippen molar-refractivity contribution >= 4 is 39.6 Å². The highest BCUT2D eigenvalue weighted by atomic mass is 32.1. The first-order valence-electron chi connectivity index (χ1n) is 8.20. The third kappa shape index (κ3) is 5.20. The first-order chi connectivity index (χ1) is 12.8. The van der Waals surface area contributed by atoms with Gasteiger partial charge in [-0.3, -0.25) is 14.9 Å². The molecule has 0 aliphatic heterocycles. The number of aromatic nitrogens is 3. The van der Waals surface area contributed by atoms with Gasteiger partial charge in [0.15, 0.2) is 11.0 Å². The molecule has 3 rings (SSSR count). The van der Waals surface area contributed by atoms with Crippen LogP contribution in [0, 0.1) is 0 Å². The van der Waals surface area contributed by atoms with Gasteiger partial charge in [0, 0.05) is 10.8 Å². The summed E-state index contributed by atoms with van der Waals surface area (Å²) in [5, 5.41) is 13.4. The van der Waals surface area contributed by atoms with Crippen molar-refractivity contribution in [2.24, 2.45) is 0 Å². The maximum Gasteiger partial charge on any atom is 0.267 e. The molecule has 0 saturated carbocycles. The van der Waals surface area contributed by atoms with E-state index in [0.717, 1.165) is 0 Å². The van der Waals surface area contributed by atoms with Gasteiger partial charge in [0.05, 0.1) is 23.5 Å². The summed E-state index contributed by atoms with van der Waals surface area (Å²) in [5.74, 6) is 0.536. The van der Waals surface area contributed by atoms with Gasteiger partial charge in [-0.25, -0.2) is 4.98 Å². The molecular formula is C17H19N5O3S2. The predicted molar refractivity (Wildman–Crippen MR) is 103 cm³/mol. The number of nitrogens with one attached hydrogen (secondary N) is 2. The molecule has 27 heavy (non-hydrogen) atoms. The molecule has 0 aromatic carbocycles. The van der Waals surface area contributed by atoms with Crippen molar-refractivity contribution in [2.75, 3.05) is 5.32 Å². The maximum absolute atomic E-state index is 12.1. The van der Waals surface area contributed by atoms with Crippen LogP contribution in [-0.4, -0.2) is 26.9 Å². The molecule has 0 bridgehead atoms. The minimum absolute atomic E-state index is 0.106. The normalized spacial score (nSPS) is 11.4. The molecule has 0 saturated heterocycles. The quantitative estimate of drug-likeness (QED) is 0.652. The summed E-state index contributed by atoms with van der Waals surface area (Å²) in [6, 6.07) is 3.55. The molecule has 2 N–H and O–H groups in total. The molecule has 10 heteroatoms. The van der Waals surface area contributed by atoms with Crippen LogP contribution in [-0.2, 0) is 23.2 Å². The van der Waals surface area contributed by atoms with E-state index in [1.165, 1.54) is 22.7 Å². The van der Waals surface area contributed by atoms with Crippen LogP contribution in [0.2, 0.25) is 0 Å². The monoisotopic (exact) mass is 405 g/mol. The van der Waals surface area contributed by atoms with Gasteiger partial charge >= 0.3 is 0 Å². The predicted octanol–water partition coefficient (Wildman–Crippen LogP) is 3.00. The Kier molecular flexibility index (Phi) is 5.66. The van der Waals surface area contributed by atoms with E-state index < -0.39 is 0 Å². The Hall–Kier alpha value is -2.59. The lowest BCUT2D eigenvalue weighted by atomic mass is 9.97. The van der Waals surface area contributed by atoms with Crippen molar-refractivity contribution in [2.45, 2.75) is 39.2 Å². The molecule has 3 heterocycles. The SMILES string of the molecule is CC(C)(C)c1nc(CNC(=O)Cc2csc(NC(=O)c3cccs3)n2)no1. The molecule has 8 nitrogen and oxygen atoms in total. The Morgan fingerprint density at radius 2 is 2.04 bits per heavy atom. The zero-order chi connectivity index (χ0) is 19.4. The number of nitrogens with zero attached hydrogens (tertiary/aromatic N) is 3. The second-order valence-electron chi connectivity index (χ2n) is 6.79. The van der Waals surface area contributed by atoms with Crippen LogP contribution in [0.4, 0.5) is 5.13 Å². The lowest BCUT2D eigenvalue weighted by Gasteiger charge is -2.10. The van der Waals surface area contributed by atoms with Gasteiger partial charge in [-0.15, -0.1) is 22.7 Å². The molecule has 142 valence electrons. The number of thiazole rings is 1. The Bertz CT molecular complexity index is 925. The second kappa shape index (κ2) is 7.97. The zero-order valence-corrected chi connectivity index (χ0v) is 16.7. The fraction of sp³-hybridized carbons (Fsp3) is 0.353. The zero-order valence-electron chi connectivity index (χ0n) is 15.1. The molecule has 2 amide bonds. The van der Waals surface area contributed by atoms with E-state index in [9.17, 15) is 9.59 Å². The Morgan fingerprint density at radius 1 is 1.22 bits per heavy atom. The third-order valence-electron chi connectivity index (χ3n) is 3.41. The number of hydrogen-bond acceptors (Lipinski definition) is 8. The van der Waals surface area contributed by atoms with Gasteiger partial charge in [0.2, 0.25) is 11.8 Å². The van der Waals surface area contributed by atoms with Gasteiger partial charge in [0.25, 0.3) is 5.91 Å². The second-order valence-corrected chi connectivity index (χ2v) is 8.60. The molecule has 3 aromatic heterocycles. The molecule has 0 radical (unpaired) electrons. The van der Waals surface area contributed by atoms with Crippen molar-refractivity contribution in [3.63, 3.8) is 0 Å². The number of thiophene rings is 1. The van der Waals surface area contributed by atoms with E-state index in [1.54, 1.807) is 11.4 Å². The Morgan fingerprint density at radius 3 is 2.70 bits per heavy atom. The van der Waals surface area contributed by atoms with E-state index in [0.29, 0.717) is 27.4 Å². The fourth-order valence-corrected chi connectivity index (χ4v) is 3.37. The topological polar surface area (TPSA) is 110 Å². The Labute approximate surface area is 164 Å². The molecule has 0 fully saturated rings. The summed E-state index contributed by atoms with van der Waals surface area (Å²) in [5.41, 5.74) is 0.349. The molecular weight excluding hydrogens is 386 g/mol. The van der Waals surface area contributed by atoms with E-state index in [1.807, 2.05) is 32.2 Å². The third-order valence-corrected chi connectivity index (χ3v) is 5.09. The Balaban J connectivity index is 1.49. The van der Waals surface area contributed by atoms with Crippen molar-refractivity contribution in [3.05, 3.63) is 45.2 Å². The van der Waals surface area contributed by atoms with Crippen LogP contribution in [0.5, 0.6) is 0 Å². The fourth-order valence-electron chi connectivity index (χ4n) is 2.05. The summed E-state index contributed by atoms with van der Waals surface area (Å²) in [4.78, 5) is 33.2. The van der Waals surface area contributed by atoms with Gasteiger partial charge < -0.3 is 9.84 Å². The molecule has 0 aliphatic rings.